The topological polar surface area (TPSA) is 69.6 Å². The lowest BCUT2D eigenvalue weighted by Gasteiger charge is -2.10. The van der Waals surface area contributed by atoms with Crippen molar-refractivity contribution in [2.24, 2.45) is 0 Å². The second kappa shape index (κ2) is 8.01. The third-order valence-corrected chi connectivity index (χ3v) is 1.90. The molecule has 0 aromatic rings. The third kappa shape index (κ3) is 6.54. The summed E-state index contributed by atoms with van der Waals surface area (Å²) in [7, 11) is 0. The van der Waals surface area contributed by atoms with Crippen LogP contribution in [0.15, 0.2) is 0 Å². The van der Waals surface area contributed by atoms with Crippen molar-refractivity contribution in [1.82, 2.24) is 5.32 Å². The zero-order valence-corrected chi connectivity index (χ0v) is 8.12. The molecule has 3 N–H and O–H groups in total. The van der Waals surface area contributed by atoms with Crippen LogP contribution in [0.3, 0.4) is 0 Å². The summed E-state index contributed by atoms with van der Waals surface area (Å²) >= 11 is 0. The number of aliphatic hydroxyl groups excluding tert-OH is 1. The average Bonchev–Trinajstić information content (AvgIpc) is 2.10. The van der Waals surface area contributed by atoms with Crippen LogP contribution in [0, 0.1) is 0 Å². The van der Waals surface area contributed by atoms with Crippen molar-refractivity contribution in [3.8, 4) is 0 Å². The van der Waals surface area contributed by atoms with Gasteiger partial charge in [-0.25, -0.2) is 0 Å². The van der Waals surface area contributed by atoms with E-state index in [0.29, 0.717) is 6.54 Å². The molecular weight excluding hydrogens is 170 g/mol. The molecular formula is C9H19NO3. The van der Waals surface area contributed by atoms with E-state index in [1.807, 2.05) is 0 Å². The maximum Gasteiger partial charge on any atom is 0.323 e. The molecule has 0 unspecified atom stereocenters. The molecule has 0 aliphatic carbocycles. The van der Waals surface area contributed by atoms with Crippen LogP contribution in [-0.4, -0.2) is 35.4 Å². The van der Waals surface area contributed by atoms with Crippen LogP contribution < -0.4 is 5.32 Å². The maximum absolute atomic E-state index is 10.4. The number of hydrogen-bond donors (Lipinski definition) is 3. The van der Waals surface area contributed by atoms with Gasteiger partial charge in [-0.1, -0.05) is 26.2 Å². The van der Waals surface area contributed by atoms with E-state index in [9.17, 15) is 4.79 Å². The molecule has 0 aliphatic rings. The first-order valence-corrected chi connectivity index (χ1v) is 4.79. The molecule has 0 radical (unpaired) electrons. The van der Waals surface area contributed by atoms with Crippen molar-refractivity contribution >= 4 is 5.97 Å². The summed E-state index contributed by atoms with van der Waals surface area (Å²) < 4.78 is 0. The predicted molar refractivity (Wildman–Crippen MR) is 50.7 cm³/mol. The van der Waals surface area contributed by atoms with Gasteiger partial charge in [0.15, 0.2) is 0 Å². The Morgan fingerprint density at radius 3 is 2.54 bits per heavy atom. The Hall–Kier alpha value is -0.610. The minimum absolute atomic E-state index is 0.344. The molecule has 0 aromatic carbocycles. The number of hydrogen-bond acceptors (Lipinski definition) is 3. The van der Waals surface area contributed by atoms with Gasteiger partial charge in [-0.05, 0) is 13.0 Å². The molecule has 4 heteroatoms. The van der Waals surface area contributed by atoms with Gasteiger partial charge < -0.3 is 15.5 Å². The number of rotatable bonds is 8. The molecule has 0 amide bonds. The van der Waals surface area contributed by atoms with Gasteiger partial charge in [0.1, 0.15) is 6.04 Å². The van der Waals surface area contributed by atoms with E-state index >= 15 is 0 Å². The predicted octanol–water partition coefficient (Wildman–Crippen LogP) is 0.602. The fraction of sp³-hybridized carbons (Fsp3) is 0.889. The first-order valence-electron chi connectivity index (χ1n) is 4.79. The highest BCUT2D eigenvalue weighted by Crippen LogP contribution is 1.97. The number of nitrogens with one attached hydrogen (secondary N) is 1. The normalized spacial score (nSPS) is 12.8. The first kappa shape index (κ1) is 12.4. The van der Waals surface area contributed by atoms with E-state index in [0.717, 1.165) is 12.8 Å². The highest BCUT2D eigenvalue weighted by Gasteiger charge is 2.13. The van der Waals surface area contributed by atoms with Gasteiger partial charge in [0.25, 0.3) is 0 Å². The number of carboxylic acid groups (broad SMARTS) is 1. The fourth-order valence-electron chi connectivity index (χ4n) is 1.06. The van der Waals surface area contributed by atoms with E-state index in [1.165, 1.54) is 12.8 Å². The van der Waals surface area contributed by atoms with Gasteiger partial charge in [-0.3, -0.25) is 4.79 Å². The first-order chi connectivity index (χ1) is 6.22. The molecule has 0 bridgehead atoms. The van der Waals surface area contributed by atoms with Crippen molar-refractivity contribution in [2.45, 2.75) is 38.6 Å². The van der Waals surface area contributed by atoms with Crippen LogP contribution in [0.4, 0.5) is 0 Å². The SMILES string of the molecule is CCCCCCN[C@@H](CO)C(=O)O. The van der Waals surface area contributed by atoms with Crippen molar-refractivity contribution in [3.63, 3.8) is 0 Å². The smallest absolute Gasteiger partial charge is 0.323 e. The molecule has 0 aliphatic heterocycles. The quantitative estimate of drug-likeness (QED) is 0.489. The van der Waals surface area contributed by atoms with Crippen molar-refractivity contribution < 1.29 is 15.0 Å². The molecule has 0 saturated carbocycles. The molecule has 0 fully saturated rings. The Balaban J connectivity index is 3.33. The van der Waals surface area contributed by atoms with Gasteiger partial charge in [0.05, 0.1) is 6.61 Å². The number of carbonyl (C=O) groups is 1. The largest absolute Gasteiger partial charge is 0.480 e. The van der Waals surface area contributed by atoms with Gasteiger partial charge in [0, 0.05) is 0 Å². The number of aliphatic carboxylic acids is 1. The van der Waals surface area contributed by atoms with E-state index in [-0.39, 0.29) is 6.61 Å². The maximum atomic E-state index is 10.4. The van der Waals surface area contributed by atoms with Crippen molar-refractivity contribution in [1.29, 1.82) is 0 Å². The molecule has 0 spiro atoms. The number of unbranched alkanes of at least 4 members (excludes halogenated alkanes) is 3. The summed E-state index contributed by atoms with van der Waals surface area (Å²) in [6, 6.07) is -0.804. The van der Waals surface area contributed by atoms with E-state index in [1.54, 1.807) is 0 Å². The minimum atomic E-state index is -0.988. The zero-order chi connectivity index (χ0) is 10.1. The van der Waals surface area contributed by atoms with Crippen LogP contribution in [0.2, 0.25) is 0 Å². The number of aliphatic hydroxyl groups is 1. The Morgan fingerprint density at radius 2 is 2.08 bits per heavy atom. The molecule has 1 atom stereocenters. The molecule has 0 saturated heterocycles. The monoisotopic (exact) mass is 189 g/mol. The summed E-state index contributed by atoms with van der Waals surface area (Å²) in [4.78, 5) is 10.4. The van der Waals surface area contributed by atoms with Crippen LogP contribution >= 0.6 is 0 Å². The Bertz CT molecular complexity index is 139. The second-order valence-electron chi connectivity index (χ2n) is 3.09. The minimum Gasteiger partial charge on any atom is -0.480 e. The summed E-state index contributed by atoms with van der Waals surface area (Å²) in [6.45, 7) is 2.45. The van der Waals surface area contributed by atoms with Gasteiger partial charge in [-0.2, -0.15) is 0 Å². The molecule has 0 aromatic heterocycles. The van der Waals surface area contributed by atoms with Gasteiger partial charge in [-0.15, -0.1) is 0 Å². The summed E-state index contributed by atoms with van der Waals surface area (Å²) in [6.07, 6.45) is 4.43. The molecule has 13 heavy (non-hydrogen) atoms. The number of carboxylic acids is 1. The molecule has 78 valence electrons. The van der Waals surface area contributed by atoms with E-state index in [4.69, 9.17) is 10.2 Å². The lowest BCUT2D eigenvalue weighted by molar-refractivity contribution is -0.140. The summed E-state index contributed by atoms with van der Waals surface area (Å²) in [5.41, 5.74) is 0. The standard InChI is InChI=1S/C9H19NO3/c1-2-3-4-5-6-10-8(7-11)9(12)13/h8,10-11H,2-7H2,1H3,(H,12,13)/t8-/m0/s1. The van der Waals surface area contributed by atoms with Crippen molar-refractivity contribution in [2.75, 3.05) is 13.2 Å². The highest BCUT2D eigenvalue weighted by atomic mass is 16.4. The third-order valence-electron chi connectivity index (χ3n) is 1.90. The summed E-state index contributed by atoms with van der Waals surface area (Å²) in [5, 5.41) is 20.0. The van der Waals surface area contributed by atoms with Crippen molar-refractivity contribution in [3.05, 3.63) is 0 Å². The van der Waals surface area contributed by atoms with Gasteiger partial charge >= 0.3 is 5.97 Å². The molecule has 0 heterocycles. The van der Waals surface area contributed by atoms with Crippen LogP contribution in [-0.2, 0) is 4.79 Å². The Labute approximate surface area is 79.0 Å². The Morgan fingerprint density at radius 1 is 1.38 bits per heavy atom. The molecule has 4 nitrogen and oxygen atoms in total. The van der Waals surface area contributed by atoms with Crippen LogP contribution in [0.1, 0.15) is 32.6 Å². The van der Waals surface area contributed by atoms with E-state index in [2.05, 4.69) is 12.2 Å². The van der Waals surface area contributed by atoms with Gasteiger partial charge in [0.2, 0.25) is 0 Å². The summed E-state index contributed by atoms with van der Waals surface area (Å²) in [5.74, 6) is -0.988. The van der Waals surface area contributed by atoms with Crippen LogP contribution in [0.25, 0.3) is 0 Å². The second-order valence-corrected chi connectivity index (χ2v) is 3.09. The fourth-order valence-corrected chi connectivity index (χ4v) is 1.06. The Kier molecular flexibility index (Phi) is 7.63. The zero-order valence-electron chi connectivity index (χ0n) is 8.12. The lowest BCUT2D eigenvalue weighted by Crippen LogP contribution is -2.40. The average molecular weight is 189 g/mol. The lowest BCUT2D eigenvalue weighted by atomic mass is 10.2. The van der Waals surface area contributed by atoms with E-state index < -0.39 is 12.0 Å². The van der Waals surface area contributed by atoms with Crippen LogP contribution in [0.5, 0.6) is 0 Å². The highest BCUT2D eigenvalue weighted by molar-refractivity contribution is 5.73. The molecule has 0 rings (SSSR count).